The van der Waals surface area contributed by atoms with Crippen molar-refractivity contribution >= 4 is 19.8 Å². The lowest BCUT2D eigenvalue weighted by atomic mass is 10.0. The number of carbonyl (C=O) groups is 2. The van der Waals surface area contributed by atoms with Crippen LogP contribution >= 0.6 is 7.82 Å². The van der Waals surface area contributed by atoms with Gasteiger partial charge in [-0.3, -0.25) is 18.6 Å². The van der Waals surface area contributed by atoms with Crippen molar-refractivity contribution < 1.29 is 37.6 Å². The van der Waals surface area contributed by atoms with Crippen LogP contribution in [0.3, 0.4) is 0 Å². The van der Waals surface area contributed by atoms with Gasteiger partial charge in [0.05, 0.1) is 13.2 Å². The average Bonchev–Trinajstić information content (AvgIpc) is 3.33. The minimum Gasteiger partial charge on any atom is -0.462 e. The van der Waals surface area contributed by atoms with Gasteiger partial charge < -0.3 is 20.1 Å². The van der Waals surface area contributed by atoms with Crippen LogP contribution in [0, 0.1) is 0 Å². The van der Waals surface area contributed by atoms with Crippen molar-refractivity contribution in [2.45, 2.75) is 335 Å². The van der Waals surface area contributed by atoms with E-state index >= 15 is 0 Å². The molecule has 0 rings (SSSR count). The molecule has 2 unspecified atom stereocenters. The highest BCUT2D eigenvalue weighted by Gasteiger charge is 2.26. The van der Waals surface area contributed by atoms with Crippen LogP contribution in [0.25, 0.3) is 0 Å². The second-order valence-electron chi connectivity index (χ2n) is 20.6. The van der Waals surface area contributed by atoms with Gasteiger partial charge in [-0.15, -0.1) is 0 Å². The van der Waals surface area contributed by atoms with Crippen LogP contribution in [0.4, 0.5) is 0 Å². The fourth-order valence-corrected chi connectivity index (χ4v) is 10.1. The summed E-state index contributed by atoms with van der Waals surface area (Å²) < 4.78 is 33.1. The minimum absolute atomic E-state index is 0.0586. The van der Waals surface area contributed by atoms with E-state index in [1.54, 1.807) is 0 Å². The molecular formula is C58H116NO8P. The minimum atomic E-state index is -4.38. The topological polar surface area (TPSA) is 134 Å². The quantitative estimate of drug-likeness (QED) is 0.0347. The number of phosphoric ester groups is 1. The standard InChI is InChI=1S/C58H116NO8P/c1-3-5-7-9-11-13-15-17-19-21-23-25-27-28-29-31-33-35-37-39-41-43-45-47-49-51-58(61)67-56(55-66-68(62,63)65-53-52-59)54-64-57(60)50-48-46-44-42-40-38-36-34-32-30-26-24-22-20-18-16-14-12-10-8-6-4-2/h56H,3-55,59H2,1-2H3,(H,62,63). The number of hydrogen-bond acceptors (Lipinski definition) is 8. The van der Waals surface area contributed by atoms with Crippen LogP contribution in [0.5, 0.6) is 0 Å². The summed E-state index contributed by atoms with van der Waals surface area (Å²) in [5, 5.41) is 0. The van der Waals surface area contributed by atoms with E-state index in [0.29, 0.717) is 6.42 Å². The van der Waals surface area contributed by atoms with Crippen molar-refractivity contribution in [1.82, 2.24) is 0 Å². The number of esters is 2. The van der Waals surface area contributed by atoms with Crippen LogP contribution in [0.1, 0.15) is 328 Å². The summed E-state index contributed by atoms with van der Waals surface area (Å²) in [6, 6.07) is 0. The highest BCUT2D eigenvalue weighted by atomic mass is 31.2. The summed E-state index contributed by atoms with van der Waals surface area (Å²) in [6.07, 6.45) is 61.7. The van der Waals surface area contributed by atoms with Crippen molar-refractivity contribution in [3.05, 3.63) is 0 Å². The highest BCUT2D eigenvalue weighted by Crippen LogP contribution is 2.43. The molecular weight excluding hydrogens is 870 g/mol. The number of carbonyl (C=O) groups excluding carboxylic acids is 2. The van der Waals surface area contributed by atoms with E-state index < -0.39 is 26.5 Å². The molecule has 2 atom stereocenters. The first-order chi connectivity index (χ1) is 33.3. The molecule has 9 nitrogen and oxygen atoms in total. The molecule has 0 saturated heterocycles. The van der Waals surface area contributed by atoms with Gasteiger partial charge in [0, 0.05) is 19.4 Å². The number of phosphoric acid groups is 1. The van der Waals surface area contributed by atoms with Crippen LogP contribution in [-0.4, -0.2) is 49.3 Å². The second kappa shape index (κ2) is 55.3. The van der Waals surface area contributed by atoms with Crippen LogP contribution < -0.4 is 5.73 Å². The van der Waals surface area contributed by atoms with Gasteiger partial charge in [0.15, 0.2) is 6.10 Å². The van der Waals surface area contributed by atoms with Crippen molar-refractivity contribution in [3.63, 3.8) is 0 Å². The molecule has 0 radical (unpaired) electrons. The summed E-state index contributed by atoms with van der Waals surface area (Å²) >= 11 is 0. The Kier molecular flexibility index (Phi) is 54.5. The van der Waals surface area contributed by atoms with Gasteiger partial charge in [-0.1, -0.05) is 303 Å². The van der Waals surface area contributed by atoms with Gasteiger partial charge in [0.1, 0.15) is 6.61 Å². The molecule has 0 saturated carbocycles. The third-order valence-electron chi connectivity index (χ3n) is 13.7. The van der Waals surface area contributed by atoms with E-state index in [0.717, 1.165) is 32.1 Å². The van der Waals surface area contributed by atoms with Crippen LogP contribution in [-0.2, 0) is 32.7 Å². The number of unbranched alkanes of at least 4 members (excludes halogenated alkanes) is 45. The van der Waals surface area contributed by atoms with E-state index in [-0.39, 0.29) is 38.6 Å². The lowest BCUT2D eigenvalue weighted by molar-refractivity contribution is -0.161. The number of hydrogen-bond donors (Lipinski definition) is 2. The normalized spacial score (nSPS) is 12.9. The zero-order valence-electron chi connectivity index (χ0n) is 45.4. The van der Waals surface area contributed by atoms with Crippen LogP contribution in [0.15, 0.2) is 0 Å². The van der Waals surface area contributed by atoms with E-state index in [9.17, 15) is 19.0 Å². The Morgan fingerprint density at radius 1 is 0.382 bits per heavy atom. The van der Waals surface area contributed by atoms with Gasteiger partial charge in [-0.25, -0.2) is 4.57 Å². The molecule has 0 aromatic heterocycles. The molecule has 10 heteroatoms. The Balaban J connectivity index is 3.89. The molecule has 0 aliphatic rings. The molecule has 0 aliphatic heterocycles. The molecule has 406 valence electrons. The molecule has 0 aromatic rings. The Labute approximate surface area is 422 Å². The molecule has 0 spiro atoms. The molecule has 0 fully saturated rings. The fraction of sp³-hybridized carbons (Fsp3) is 0.966. The molecule has 0 bridgehead atoms. The molecule has 0 heterocycles. The second-order valence-corrected chi connectivity index (χ2v) is 22.0. The number of rotatable bonds is 58. The predicted molar refractivity (Wildman–Crippen MR) is 289 cm³/mol. The van der Waals surface area contributed by atoms with Gasteiger partial charge in [-0.2, -0.15) is 0 Å². The lowest BCUT2D eigenvalue weighted by Gasteiger charge is -2.19. The Hall–Kier alpha value is -0.990. The Bertz CT molecular complexity index is 1080. The summed E-state index contributed by atoms with van der Waals surface area (Å²) in [7, 11) is -4.38. The largest absolute Gasteiger partial charge is 0.472 e. The Morgan fingerprint density at radius 3 is 0.897 bits per heavy atom. The summed E-state index contributed by atoms with van der Waals surface area (Å²) in [4.78, 5) is 35.2. The van der Waals surface area contributed by atoms with E-state index in [4.69, 9.17) is 24.3 Å². The summed E-state index contributed by atoms with van der Waals surface area (Å²) in [5.74, 6) is -0.801. The van der Waals surface area contributed by atoms with Gasteiger partial charge in [0.25, 0.3) is 0 Å². The van der Waals surface area contributed by atoms with Gasteiger partial charge >= 0.3 is 19.8 Å². The molecule has 0 amide bonds. The monoisotopic (exact) mass is 986 g/mol. The third-order valence-corrected chi connectivity index (χ3v) is 14.7. The zero-order chi connectivity index (χ0) is 49.5. The van der Waals surface area contributed by atoms with Crippen molar-refractivity contribution in [3.8, 4) is 0 Å². The fourth-order valence-electron chi connectivity index (χ4n) is 9.29. The highest BCUT2D eigenvalue weighted by molar-refractivity contribution is 7.47. The van der Waals surface area contributed by atoms with Crippen molar-refractivity contribution in [1.29, 1.82) is 0 Å². The van der Waals surface area contributed by atoms with Crippen molar-refractivity contribution in [2.24, 2.45) is 5.73 Å². The zero-order valence-corrected chi connectivity index (χ0v) is 46.3. The molecule has 68 heavy (non-hydrogen) atoms. The smallest absolute Gasteiger partial charge is 0.462 e. The maximum atomic E-state index is 12.7. The maximum absolute atomic E-state index is 12.7. The third kappa shape index (κ3) is 54.3. The predicted octanol–water partition coefficient (Wildman–Crippen LogP) is 18.7. The number of nitrogens with two attached hydrogens (primary N) is 1. The maximum Gasteiger partial charge on any atom is 0.472 e. The van der Waals surface area contributed by atoms with E-state index in [2.05, 4.69) is 13.8 Å². The van der Waals surface area contributed by atoms with E-state index in [1.807, 2.05) is 0 Å². The first kappa shape index (κ1) is 67.0. The van der Waals surface area contributed by atoms with Gasteiger partial charge in [0.2, 0.25) is 0 Å². The lowest BCUT2D eigenvalue weighted by Crippen LogP contribution is -2.29. The molecule has 0 aromatic carbocycles. The van der Waals surface area contributed by atoms with E-state index in [1.165, 1.54) is 263 Å². The first-order valence-electron chi connectivity index (χ1n) is 30.0. The van der Waals surface area contributed by atoms with Gasteiger partial charge in [-0.05, 0) is 12.8 Å². The summed E-state index contributed by atoms with van der Waals surface area (Å²) in [6.45, 7) is 3.83. The first-order valence-corrected chi connectivity index (χ1v) is 31.5. The SMILES string of the molecule is CCCCCCCCCCCCCCCCCCCCCCCCCCCC(=O)OC(COC(=O)CCCCCCCCCCCCCCCCCCCCCCCC)COP(=O)(O)OCCN. The Morgan fingerprint density at radius 2 is 0.632 bits per heavy atom. The summed E-state index contributed by atoms with van der Waals surface area (Å²) in [5.41, 5.74) is 5.39. The number of ether oxygens (including phenoxy) is 2. The average molecular weight is 987 g/mol. The van der Waals surface area contributed by atoms with Crippen molar-refractivity contribution in [2.75, 3.05) is 26.4 Å². The molecule has 3 N–H and O–H groups in total. The molecule has 0 aliphatic carbocycles. The van der Waals surface area contributed by atoms with Crippen LogP contribution in [0.2, 0.25) is 0 Å².